The number of hydrogen-bond acceptors (Lipinski definition) is 4. The number of rotatable bonds is 2. The minimum Gasteiger partial charge on any atom is -0.258 e. The maximum absolute atomic E-state index is 10.5. The summed E-state index contributed by atoms with van der Waals surface area (Å²) < 4.78 is 0. The molecule has 0 aromatic heterocycles. The largest absolute Gasteiger partial charge is 0.361 e. The summed E-state index contributed by atoms with van der Waals surface area (Å²) in [6.07, 6.45) is 4.98. The summed E-state index contributed by atoms with van der Waals surface area (Å²) in [5, 5.41) is 20.9. The van der Waals surface area contributed by atoms with E-state index in [-0.39, 0.29) is 5.56 Å². The van der Waals surface area contributed by atoms with Crippen molar-refractivity contribution in [3.8, 4) is 12.3 Å². The van der Waals surface area contributed by atoms with Gasteiger partial charge < -0.3 is 0 Å². The van der Waals surface area contributed by atoms with E-state index in [9.17, 15) is 20.2 Å². The van der Waals surface area contributed by atoms with Crippen molar-refractivity contribution in [2.45, 2.75) is 0 Å². The second kappa shape index (κ2) is 3.53. The lowest BCUT2D eigenvalue weighted by Crippen LogP contribution is -1.98. The highest BCUT2D eigenvalue weighted by Gasteiger charge is 2.26. The third-order valence-electron chi connectivity index (χ3n) is 1.55. The number of terminal acetylenes is 1. The Hall–Kier alpha value is -2.42. The molecular formula is C8H4N2O4. The van der Waals surface area contributed by atoms with Gasteiger partial charge in [-0.05, 0) is 6.07 Å². The van der Waals surface area contributed by atoms with Crippen LogP contribution in [-0.4, -0.2) is 9.85 Å². The molecule has 0 unspecified atom stereocenters. The molecule has 0 aliphatic rings. The molecule has 0 amide bonds. The van der Waals surface area contributed by atoms with Crippen molar-refractivity contribution in [3.63, 3.8) is 0 Å². The molecule has 0 saturated carbocycles. The van der Waals surface area contributed by atoms with Gasteiger partial charge in [0, 0.05) is 6.07 Å². The third-order valence-corrected chi connectivity index (χ3v) is 1.55. The zero-order chi connectivity index (χ0) is 10.7. The number of para-hydroxylation sites is 1. The van der Waals surface area contributed by atoms with Crippen LogP contribution >= 0.6 is 0 Å². The van der Waals surface area contributed by atoms with E-state index in [4.69, 9.17) is 6.42 Å². The van der Waals surface area contributed by atoms with Gasteiger partial charge in [0.2, 0.25) is 0 Å². The van der Waals surface area contributed by atoms with Crippen LogP contribution in [0.1, 0.15) is 5.56 Å². The standard InChI is InChI=1S/C8H4N2O4/c1-2-6-4-3-5-7(9(11)12)8(6)10(13)14/h1,3-5H. The van der Waals surface area contributed by atoms with Gasteiger partial charge in [0.1, 0.15) is 5.56 Å². The van der Waals surface area contributed by atoms with Gasteiger partial charge in [-0.1, -0.05) is 12.0 Å². The van der Waals surface area contributed by atoms with Gasteiger partial charge in [-0.3, -0.25) is 20.2 Å². The van der Waals surface area contributed by atoms with Crippen LogP contribution in [0.3, 0.4) is 0 Å². The first-order valence-electron chi connectivity index (χ1n) is 3.46. The average Bonchev–Trinajstić information content (AvgIpc) is 2.16. The monoisotopic (exact) mass is 192 g/mol. The Morgan fingerprint density at radius 1 is 1.21 bits per heavy atom. The molecule has 0 fully saturated rings. The molecule has 1 rings (SSSR count). The normalized spacial score (nSPS) is 9.07. The Bertz CT molecular complexity index is 447. The summed E-state index contributed by atoms with van der Waals surface area (Å²) in [5.74, 6) is 2.03. The van der Waals surface area contributed by atoms with Crippen LogP contribution in [0, 0.1) is 32.6 Å². The van der Waals surface area contributed by atoms with Crippen LogP contribution in [0.25, 0.3) is 0 Å². The Kier molecular flexibility index (Phi) is 2.44. The van der Waals surface area contributed by atoms with Gasteiger partial charge in [0.15, 0.2) is 0 Å². The van der Waals surface area contributed by atoms with E-state index in [1.807, 2.05) is 5.92 Å². The molecule has 1 aromatic carbocycles. The van der Waals surface area contributed by atoms with Crippen molar-refractivity contribution in [2.75, 3.05) is 0 Å². The Labute approximate surface area is 78.5 Å². The Balaban J connectivity index is 3.53. The van der Waals surface area contributed by atoms with Crippen LogP contribution < -0.4 is 0 Å². The smallest absolute Gasteiger partial charge is 0.258 e. The molecular weight excluding hydrogens is 188 g/mol. The molecule has 0 aliphatic heterocycles. The Morgan fingerprint density at radius 3 is 2.29 bits per heavy atom. The number of nitrogens with zero attached hydrogens (tertiary/aromatic N) is 2. The van der Waals surface area contributed by atoms with Crippen molar-refractivity contribution in [1.82, 2.24) is 0 Å². The summed E-state index contributed by atoms with van der Waals surface area (Å²) in [7, 11) is 0. The fourth-order valence-electron chi connectivity index (χ4n) is 0.987. The molecule has 6 nitrogen and oxygen atoms in total. The van der Waals surface area contributed by atoms with E-state index in [1.165, 1.54) is 12.1 Å². The lowest BCUT2D eigenvalue weighted by Gasteiger charge is -1.96. The van der Waals surface area contributed by atoms with Crippen molar-refractivity contribution in [2.24, 2.45) is 0 Å². The highest BCUT2D eigenvalue weighted by Crippen LogP contribution is 2.29. The lowest BCUT2D eigenvalue weighted by atomic mass is 10.1. The highest BCUT2D eigenvalue weighted by atomic mass is 16.6. The third kappa shape index (κ3) is 1.51. The van der Waals surface area contributed by atoms with Gasteiger partial charge >= 0.3 is 11.4 Å². The second-order valence-corrected chi connectivity index (χ2v) is 2.33. The summed E-state index contributed by atoms with van der Waals surface area (Å²) in [5.41, 5.74) is -1.32. The molecule has 70 valence electrons. The maximum atomic E-state index is 10.5. The van der Waals surface area contributed by atoms with Gasteiger partial charge in [-0.2, -0.15) is 0 Å². The predicted molar refractivity (Wildman–Crippen MR) is 47.7 cm³/mol. The van der Waals surface area contributed by atoms with Gasteiger partial charge in [0.25, 0.3) is 0 Å². The number of nitro groups is 2. The second-order valence-electron chi connectivity index (χ2n) is 2.33. The van der Waals surface area contributed by atoms with E-state index in [0.717, 1.165) is 6.07 Å². The summed E-state index contributed by atoms with van der Waals surface area (Å²) in [6.45, 7) is 0. The van der Waals surface area contributed by atoms with Crippen LogP contribution in [-0.2, 0) is 0 Å². The van der Waals surface area contributed by atoms with Gasteiger partial charge in [0.05, 0.1) is 9.85 Å². The predicted octanol–water partition coefficient (Wildman–Crippen LogP) is 1.48. The first kappa shape index (κ1) is 9.67. The summed E-state index contributed by atoms with van der Waals surface area (Å²) >= 11 is 0. The van der Waals surface area contributed by atoms with Crippen molar-refractivity contribution >= 4 is 11.4 Å². The molecule has 0 bridgehead atoms. The first-order valence-corrected chi connectivity index (χ1v) is 3.46. The number of benzene rings is 1. The molecule has 0 spiro atoms. The SMILES string of the molecule is C#Cc1cccc([N+](=O)[O-])c1[N+](=O)[O-]. The molecule has 14 heavy (non-hydrogen) atoms. The highest BCUT2D eigenvalue weighted by molar-refractivity contribution is 5.62. The van der Waals surface area contributed by atoms with Crippen LogP contribution in [0.2, 0.25) is 0 Å². The number of nitro benzene ring substituents is 2. The van der Waals surface area contributed by atoms with E-state index < -0.39 is 21.2 Å². The minimum absolute atomic E-state index is 0.0933. The molecule has 0 saturated heterocycles. The van der Waals surface area contributed by atoms with Crippen LogP contribution in [0.4, 0.5) is 11.4 Å². The van der Waals surface area contributed by atoms with Gasteiger partial charge in [-0.25, -0.2) is 0 Å². The Morgan fingerprint density at radius 2 is 1.86 bits per heavy atom. The zero-order valence-electron chi connectivity index (χ0n) is 6.84. The van der Waals surface area contributed by atoms with Crippen molar-refractivity contribution in [3.05, 3.63) is 44.0 Å². The molecule has 0 heterocycles. The van der Waals surface area contributed by atoms with E-state index in [1.54, 1.807) is 0 Å². The molecule has 1 aromatic rings. The van der Waals surface area contributed by atoms with Crippen LogP contribution in [0.5, 0.6) is 0 Å². The topological polar surface area (TPSA) is 86.3 Å². The molecule has 0 radical (unpaired) electrons. The molecule has 0 atom stereocenters. The fourth-order valence-corrected chi connectivity index (χ4v) is 0.987. The van der Waals surface area contributed by atoms with Gasteiger partial charge in [-0.15, -0.1) is 6.42 Å². The summed E-state index contributed by atoms with van der Waals surface area (Å²) in [4.78, 5) is 19.3. The number of hydrogen-bond donors (Lipinski definition) is 0. The van der Waals surface area contributed by atoms with Crippen molar-refractivity contribution in [1.29, 1.82) is 0 Å². The average molecular weight is 192 g/mol. The van der Waals surface area contributed by atoms with E-state index in [2.05, 4.69) is 0 Å². The van der Waals surface area contributed by atoms with Crippen LogP contribution in [0.15, 0.2) is 18.2 Å². The maximum Gasteiger partial charge on any atom is 0.361 e. The van der Waals surface area contributed by atoms with E-state index >= 15 is 0 Å². The molecule has 0 aliphatic carbocycles. The lowest BCUT2D eigenvalue weighted by molar-refractivity contribution is -0.422. The zero-order valence-corrected chi connectivity index (χ0v) is 6.84. The first-order chi connectivity index (χ1) is 6.57. The quantitative estimate of drug-likeness (QED) is 0.403. The van der Waals surface area contributed by atoms with Crippen molar-refractivity contribution < 1.29 is 9.85 Å². The molecule has 6 heteroatoms. The fraction of sp³-hybridized carbons (Fsp3) is 0. The minimum atomic E-state index is -0.854. The summed E-state index contributed by atoms with van der Waals surface area (Å²) in [6, 6.07) is 3.63. The van der Waals surface area contributed by atoms with E-state index in [0.29, 0.717) is 0 Å². The molecule has 0 N–H and O–H groups in total.